The molecule has 0 amide bonds. The average Bonchev–Trinajstić information content (AvgIpc) is 3.14. The van der Waals surface area contributed by atoms with Crippen LogP contribution in [0.1, 0.15) is 19.8 Å². The molecule has 3 nitrogen and oxygen atoms in total. The van der Waals surface area contributed by atoms with Crippen LogP contribution in [-0.4, -0.2) is 23.6 Å². The quantitative estimate of drug-likeness (QED) is 0.916. The second kappa shape index (κ2) is 5.41. The number of rotatable bonds is 4. The van der Waals surface area contributed by atoms with Crippen molar-refractivity contribution in [1.29, 1.82) is 0 Å². The van der Waals surface area contributed by atoms with Crippen molar-refractivity contribution in [3.8, 4) is 5.75 Å². The average molecular weight is 280 g/mol. The molecule has 102 valence electrons. The Bertz CT molecular complexity index is 502. The van der Waals surface area contributed by atoms with Crippen LogP contribution in [0.15, 0.2) is 23.2 Å². The summed E-state index contributed by atoms with van der Waals surface area (Å²) in [6.07, 6.45) is 2.66. The number of hydrogen-bond donors (Lipinski definition) is 1. The standard InChI is InChI=1S/C14H17FN2OS/c1-2-18-12-6-5-10(7-11(12)15)17-14-16-8-13(19-14)9-3-4-9/h5-7,9,13H,2-4,8H2,1H3,(H,16,17). The van der Waals surface area contributed by atoms with Crippen LogP contribution < -0.4 is 10.1 Å². The second-order valence-electron chi connectivity index (χ2n) is 4.84. The zero-order chi connectivity index (χ0) is 13.2. The lowest BCUT2D eigenvalue weighted by Gasteiger charge is -2.09. The van der Waals surface area contributed by atoms with E-state index in [-0.39, 0.29) is 5.82 Å². The molecule has 1 aliphatic carbocycles. The fourth-order valence-corrected chi connectivity index (χ4v) is 3.37. The first-order chi connectivity index (χ1) is 9.26. The molecular formula is C14H17FN2OS. The molecule has 0 bridgehead atoms. The number of nitrogens with one attached hydrogen (secondary N) is 1. The van der Waals surface area contributed by atoms with Gasteiger partial charge in [0, 0.05) is 17.0 Å². The molecule has 3 rings (SSSR count). The zero-order valence-corrected chi connectivity index (χ0v) is 11.7. The van der Waals surface area contributed by atoms with E-state index in [4.69, 9.17) is 4.74 Å². The molecule has 1 saturated carbocycles. The lowest BCUT2D eigenvalue weighted by Crippen LogP contribution is -2.09. The maximum absolute atomic E-state index is 13.7. The van der Waals surface area contributed by atoms with Crippen LogP contribution in [-0.2, 0) is 0 Å². The first-order valence-electron chi connectivity index (χ1n) is 6.66. The number of amidine groups is 1. The number of benzene rings is 1. The molecule has 1 aliphatic heterocycles. The molecule has 0 spiro atoms. The summed E-state index contributed by atoms with van der Waals surface area (Å²) in [5, 5.41) is 4.70. The minimum Gasteiger partial charge on any atom is -0.491 e. The van der Waals surface area contributed by atoms with E-state index in [1.807, 2.05) is 13.0 Å². The predicted octanol–water partition coefficient (Wildman–Crippen LogP) is 3.52. The normalized spacial score (nSPS) is 22.2. The minimum atomic E-state index is -0.339. The molecule has 1 atom stereocenters. The topological polar surface area (TPSA) is 33.6 Å². The van der Waals surface area contributed by atoms with Gasteiger partial charge in [0.05, 0.1) is 13.2 Å². The fraction of sp³-hybridized carbons (Fsp3) is 0.500. The summed E-state index contributed by atoms with van der Waals surface area (Å²) >= 11 is 1.78. The summed E-state index contributed by atoms with van der Waals surface area (Å²) < 4.78 is 18.9. The van der Waals surface area contributed by atoms with Gasteiger partial charge in [-0.15, -0.1) is 0 Å². The molecule has 0 saturated heterocycles. The van der Waals surface area contributed by atoms with Gasteiger partial charge in [-0.1, -0.05) is 11.8 Å². The largest absolute Gasteiger partial charge is 0.491 e. The van der Waals surface area contributed by atoms with Crippen LogP contribution in [0, 0.1) is 11.7 Å². The van der Waals surface area contributed by atoms with E-state index in [9.17, 15) is 4.39 Å². The van der Waals surface area contributed by atoms with Gasteiger partial charge in [0.25, 0.3) is 0 Å². The molecule has 1 aromatic rings. The Kier molecular flexibility index (Phi) is 3.64. The monoisotopic (exact) mass is 280 g/mol. The van der Waals surface area contributed by atoms with Gasteiger partial charge < -0.3 is 10.1 Å². The third-order valence-electron chi connectivity index (χ3n) is 3.31. The van der Waals surface area contributed by atoms with Crippen LogP contribution in [0.3, 0.4) is 0 Å². The number of halogens is 1. The van der Waals surface area contributed by atoms with Crippen molar-refractivity contribution >= 4 is 22.6 Å². The Balaban J connectivity index is 1.62. The van der Waals surface area contributed by atoms with Crippen molar-refractivity contribution in [2.24, 2.45) is 10.9 Å². The number of anilines is 1. The molecule has 1 aromatic carbocycles. The van der Waals surface area contributed by atoms with E-state index in [0.717, 1.165) is 23.3 Å². The highest BCUT2D eigenvalue weighted by molar-refractivity contribution is 8.15. The predicted molar refractivity (Wildman–Crippen MR) is 77.6 cm³/mol. The van der Waals surface area contributed by atoms with Crippen LogP contribution in [0.25, 0.3) is 0 Å². The van der Waals surface area contributed by atoms with Gasteiger partial charge in [0.15, 0.2) is 16.7 Å². The van der Waals surface area contributed by atoms with Gasteiger partial charge in [0.1, 0.15) is 0 Å². The molecule has 0 radical (unpaired) electrons. The van der Waals surface area contributed by atoms with Crippen molar-refractivity contribution in [3.05, 3.63) is 24.0 Å². The molecule has 2 aliphatic rings. The first kappa shape index (κ1) is 12.8. The van der Waals surface area contributed by atoms with Crippen molar-refractivity contribution in [2.75, 3.05) is 18.5 Å². The summed E-state index contributed by atoms with van der Waals surface area (Å²) in [6, 6.07) is 4.93. The summed E-state index contributed by atoms with van der Waals surface area (Å²) in [5.41, 5.74) is 0.726. The van der Waals surface area contributed by atoms with Gasteiger partial charge in [-0.3, -0.25) is 4.99 Å². The Morgan fingerprint density at radius 3 is 3.00 bits per heavy atom. The van der Waals surface area contributed by atoms with Gasteiger partial charge in [0.2, 0.25) is 0 Å². The molecule has 5 heteroatoms. The molecule has 19 heavy (non-hydrogen) atoms. The van der Waals surface area contributed by atoms with Gasteiger partial charge >= 0.3 is 0 Å². The van der Waals surface area contributed by atoms with E-state index >= 15 is 0 Å². The summed E-state index contributed by atoms with van der Waals surface area (Å²) in [4.78, 5) is 4.48. The lowest BCUT2D eigenvalue weighted by molar-refractivity contribution is 0.321. The smallest absolute Gasteiger partial charge is 0.167 e. The molecule has 1 fully saturated rings. The van der Waals surface area contributed by atoms with Crippen molar-refractivity contribution in [2.45, 2.75) is 25.0 Å². The van der Waals surface area contributed by atoms with E-state index < -0.39 is 0 Å². The number of hydrogen-bond acceptors (Lipinski definition) is 4. The molecule has 1 unspecified atom stereocenters. The highest BCUT2D eigenvalue weighted by atomic mass is 32.2. The minimum absolute atomic E-state index is 0.296. The molecule has 0 aromatic heterocycles. The van der Waals surface area contributed by atoms with Crippen LogP contribution in [0.5, 0.6) is 5.75 Å². The molecule has 1 heterocycles. The van der Waals surface area contributed by atoms with Crippen molar-refractivity contribution in [1.82, 2.24) is 0 Å². The SMILES string of the molecule is CCOc1ccc(NC2=NCC(C3CC3)S2)cc1F. The fourth-order valence-electron chi connectivity index (χ4n) is 2.15. The van der Waals surface area contributed by atoms with Crippen molar-refractivity contribution in [3.63, 3.8) is 0 Å². The lowest BCUT2D eigenvalue weighted by atomic mass is 10.3. The zero-order valence-electron chi connectivity index (χ0n) is 10.9. The second-order valence-corrected chi connectivity index (χ2v) is 6.07. The Labute approximate surface area is 116 Å². The van der Waals surface area contributed by atoms with E-state index in [0.29, 0.717) is 17.6 Å². The first-order valence-corrected chi connectivity index (χ1v) is 7.54. The maximum Gasteiger partial charge on any atom is 0.167 e. The molecular weight excluding hydrogens is 263 g/mol. The number of thioether (sulfide) groups is 1. The third kappa shape index (κ3) is 3.03. The summed E-state index contributed by atoms with van der Waals surface area (Å²) in [6.45, 7) is 3.19. The van der Waals surface area contributed by atoms with E-state index in [1.165, 1.54) is 18.9 Å². The van der Waals surface area contributed by atoms with E-state index in [2.05, 4.69) is 10.3 Å². The molecule has 1 N–H and O–H groups in total. The van der Waals surface area contributed by atoms with Gasteiger partial charge in [-0.05, 0) is 37.8 Å². The highest BCUT2D eigenvalue weighted by Gasteiger charge is 2.35. The van der Waals surface area contributed by atoms with Crippen molar-refractivity contribution < 1.29 is 9.13 Å². The Morgan fingerprint density at radius 2 is 2.32 bits per heavy atom. The van der Waals surface area contributed by atoms with Crippen LogP contribution in [0.4, 0.5) is 10.1 Å². The van der Waals surface area contributed by atoms with Crippen LogP contribution in [0.2, 0.25) is 0 Å². The van der Waals surface area contributed by atoms with Gasteiger partial charge in [-0.2, -0.15) is 0 Å². The third-order valence-corrected chi connectivity index (χ3v) is 4.60. The highest BCUT2D eigenvalue weighted by Crippen LogP contribution is 2.42. The maximum atomic E-state index is 13.7. The van der Waals surface area contributed by atoms with E-state index in [1.54, 1.807) is 17.8 Å². The van der Waals surface area contributed by atoms with Crippen LogP contribution >= 0.6 is 11.8 Å². The number of aliphatic imine (C=N–C) groups is 1. The Hall–Kier alpha value is -1.23. The van der Waals surface area contributed by atoms with Gasteiger partial charge in [-0.25, -0.2) is 4.39 Å². The summed E-state index contributed by atoms with van der Waals surface area (Å²) in [5.74, 6) is 0.796. The Morgan fingerprint density at radius 1 is 1.47 bits per heavy atom. The number of nitrogens with zero attached hydrogens (tertiary/aromatic N) is 1. The summed E-state index contributed by atoms with van der Waals surface area (Å²) in [7, 11) is 0. The number of ether oxygens (including phenoxy) is 1.